The zero-order chi connectivity index (χ0) is 10.8. The Labute approximate surface area is 93.6 Å². The SMILES string of the molecule is CCOc1cccc2c1nc(CCl)n2C. The fourth-order valence-electron chi connectivity index (χ4n) is 1.63. The number of benzene rings is 1. The van der Waals surface area contributed by atoms with Crippen LogP contribution in [0.1, 0.15) is 12.7 Å². The summed E-state index contributed by atoms with van der Waals surface area (Å²) in [6, 6.07) is 5.91. The summed E-state index contributed by atoms with van der Waals surface area (Å²) >= 11 is 5.81. The average Bonchev–Trinajstić information content (AvgIpc) is 2.58. The van der Waals surface area contributed by atoms with Gasteiger partial charge in [0.2, 0.25) is 0 Å². The summed E-state index contributed by atoms with van der Waals surface area (Å²) in [6.45, 7) is 2.61. The first-order valence-corrected chi connectivity index (χ1v) is 5.44. The van der Waals surface area contributed by atoms with E-state index in [1.54, 1.807) is 0 Å². The molecule has 3 nitrogen and oxygen atoms in total. The molecule has 0 aliphatic carbocycles. The van der Waals surface area contributed by atoms with Crippen LogP contribution in [0.25, 0.3) is 11.0 Å². The largest absolute Gasteiger partial charge is 0.492 e. The van der Waals surface area contributed by atoms with E-state index in [0.717, 1.165) is 22.6 Å². The molecule has 2 aromatic rings. The van der Waals surface area contributed by atoms with E-state index in [1.807, 2.05) is 36.7 Å². The van der Waals surface area contributed by atoms with Crippen LogP contribution in [0.15, 0.2) is 18.2 Å². The summed E-state index contributed by atoms with van der Waals surface area (Å²) in [6.07, 6.45) is 0. The third kappa shape index (κ3) is 1.67. The van der Waals surface area contributed by atoms with Crippen LogP contribution in [0.5, 0.6) is 5.75 Å². The maximum Gasteiger partial charge on any atom is 0.147 e. The van der Waals surface area contributed by atoms with Crippen LogP contribution >= 0.6 is 11.6 Å². The van der Waals surface area contributed by atoms with Gasteiger partial charge in [-0.05, 0) is 19.1 Å². The van der Waals surface area contributed by atoms with Gasteiger partial charge in [-0.2, -0.15) is 0 Å². The highest BCUT2D eigenvalue weighted by Crippen LogP contribution is 2.25. The fraction of sp³-hybridized carbons (Fsp3) is 0.364. The maximum absolute atomic E-state index is 5.81. The second-order valence-electron chi connectivity index (χ2n) is 3.28. The van der Waals surface area contributed by atoms with Gasteiger partial charge in [-0.15, -0.1) is 11.6 Å². The third-order valence-corrected chi connectivity index (χ3v) is 2.63. The number of alkyl halides is 1. The lowest BCUT2D eigenvalue weighted by Crippen LogP contribution is -1.93. The monoisotopic (exact) mass is 224 g/mol. The van der Waals surface area contributed by atoms with Gasteiger partial charge in [-0.25, -0.2) is 4.98 Å². The number of para-hydroxylation sites is 1. The van der Waals surface area contributed by atoms with E-state index in [0.29, 0.717) is 12.5 Å². The molecule has 0 radical (unpaired) electrons. The van der Waals surface area contributed by atoms with E-state index in [-0.39, 0.29) is 0 Å². The van der Waals surface area contributed by atoms with Gasteiger partial charge < -0.3 is 9.30 Å². The normalized spacial score (nSPS) is 10.9. The summed E-state index contributed by atoms with van der Waals surface area (Å²) in [5.41, 5.74) is 1.94. The average molecular weight is 225 g/mol. The van der Waals surface area contributed by atoms with Gasteiger partial charge in [0.1, 0.15) is 17.1 Å². The molecule has 4 heteroatoms. The molecule has 0 aliphatic heterocycles. The molecule has 0 fully saturated rings. The van der Waals surface area contributed by atoms with Crippen LogP contribution in [0.4, 0.5) is 0 Å². The van der Waals surface area contributed by atoms with Crippen molar-refractivity contribution < 1.29 is 4.74 Å². The van der Waals surface area contributed by atoms with E-state index in [4.69, 9.17) is 16.3 Å². The number of hydrogen-bond donors (Lipinski definition) is 0. The summed E-state index contributed by atoms with van der Waals surface area (Å²) in [5, 5.41) is 0. The number of hydrogen-bond acceptors (Lipinski definition) is 2. The zero-order valence-corrected chi connectivity index (χ0v) is 9.58. The molecule has 0 unspecified atom stereocenters. The summed E-state index contributed by atoms with van der Waals surface area (Å²) < 4.78 is 7.50. The summed E-state index contributed by atoms with van der Waals surface area (Å²) in [4.78, 5) is 4.46. The minimum absolute atomic E-state index is 0.413. The number of halogens is 1. The highest BCUT2D eigenvalue weighted by atomic mass is 35.5. The number of aromatic nitrogens is 2. The van der Waals surface area contributed by atoms with Crippen LogP contribution in [0, 0.1) is 0 Å². The van der Waals surface area contributed by atoms with E-state index < -0.39 is 0 Å². The molecule has 0 atom stereocenters. The molecular formula is C11H13ClN2O. The van der Waals surface area contributed by atoms with Crippen molar-refractivity contribution >= 4 is 22.6 Å². The molecule has 1 heterocycles. The van der Waals surface area contributed by atoms with Crippen LogP contribution < -0.4 is 4.74 Å². The molecule has 0 spiro atoms. The highest BCUT2D eigenvalue weighted by molar-refractivity contribution is 6.16. The predicted molar refractivity (Wildman–Crippen MR) is 61.4 cm³/mol. The van der Waals surface area contributed by atoms with Crippen molar-refractivity contribution in [1.29, 1.82) is 0 Å². The Morgan fingerprint density at radius 3 is 2.93 bits per heavy atom. The molecule has 0 amide bonds. The standard InChI is InChI=1S/C11H13ClN2O/c1-3-15-9-6-4-5-8-11(9)13-10(7-12)14(8)2/h4-6H,3,7H2,1-2H3. The van der Waals surface area contributed by atoms with E-state index in [2.05, 4.69) is 4.98 Å². The molecule has 0 bridgehead atoms. The molecule has 15 heavy (non-hydrogen) atoms. The highest BCUT2D eigenvalue weighted by Gasteiger charge is 2.10. The van der Waals surface area contributed by atoms with E-state index >= 15 is 0 Å². The molecule has 2 rings (SSSR count). The Balaban J connectivity index is 2.65. The smallest absolute Gasteiger partial charge is 0.147 e. The Bertz CT molecular complexity index is 479. The molecule has 0 aliphatic rings. The first-order valence-electron chi connectivity index (χ1n) is 4.91. The number of fused-ring (bicyclic) bond motifs is 1. The Morgan fingerprint density at radius 2 is 2.27 bits per heavy atom. The molecule has 1 aromatic heterocycles. The number of imidazole rings is 1. The first-order chi connectivity index (χ1) is 7.27. The molecule has 0 N–H and O–H groups in total. The lowest BCUT2D eigenvalue weighted by atomic mass is 10.3. The molecule has 80 valence electrons. The molecule has 0 saturated heterocycles. The second kappa shape index (κ2) is 4.11. The van der Waals surface area contributed by atoms with Gasteiger partial charge in [-0.1, -0.05) is 6.07 Å². The maximum atomic E-state index is 5.81. The minimum atomic E-state index is 0.413. The van der Waals surface area contributed by atoms with E-state index in [9.17, 15) is 0 Å². The molecule has 0 saturated carbocycles. The topological polar surface area (TPSA) is 27.1 Å². The number of nitrogens with zero attached hydrogens (tertiary/aromatic N) is 2. The Morgan fingerprint density at radius 1 is 1.47 bits per heavy atom. The van der Waals surface area contributed by atoms with Gasteiger partial charge in [0.05, 0.1) is 18.0 Å². The van der Waals surface area contributed by atoms with Gasteiger partial charge >= 0.3 is 0 Å². The predicted octanol–water partition coefficient (Wildman–Crippen LogP) is 2.71. The lowest BCUT2D eigenvalue weighted by molar-refractivity contribution is 0.343. The number of ether oxygens (including phenoxy) is 1. The van der Waals surface area contributed by atoms with Gasteiger partial charge in [0, 0.05) is 7.05 Å². The number of aryl methyl sites for hydroxylation is 1. The second-order valence-corrected chi connectivity index (χ2v) is 3.54. The van der Waals surface area contributed by atoms with Crippen molar-refractivity contribution in [3.8, 4) is 5.75 Å². The van der Waals surface area contributed by atoms with Crippen LogP contribution in [-0.2, 0) is 12.9 Å². The first kappa shape index (κ1) is 10.3. The zero-order valence-electron chi connectivity index (χ0n) is 8.83. The van der Waals surface area contributed by atoms with Crippen LogP contribution in [0.2, 0.25) is 0 Å². The van der Waals surface area contributed by atoms with Gasteiger partial charge in [-0.3, -0.25) is 0 Å². The van der Waals surface area contributed by atoms with Crippen LogP contribution in [0.3, 0.4) is 0 Å². The number of rotatable bonds is 3. The molecule has 1 aromatic carbocycles. The fourth-order valence-corrected chi connectivity index (χ4v) is 1.87. The summed E-state index contributed by atoms with van der Waals surface area (Å²) in [7, 11) is 1.96. The van der Waals surface area contributed by atoms with E-state index in [1.165, 1.54) is 0 Å². The van der Waals surface area contributed by atoms with Crippen molar-refractivity contribution in [2.24, 2.45) is 7.05 Å². The lowest BCUT2D eigenvalue weighted by Gasteiger charge is -2.03. The minimum Gasteiger partial charge on any atom is -0.492 e. The van der Waals surface area contributed by atoms with Gasteiger partial charge in [0.25, 0.3) is 0 Å². The Hall–Kier alpha value is -1.22. The Kier molecular flexibility index (Phi) is 2.82. The third-order valence-electron chi connectivity index (χ3n) is 2.39. The van der Waals surface area contributed by atoms with Crippen molar-refractivity contribution in [2.75, 3.05) is 6.61 Å². The van der Waals surface area contributed by atoms with Crippen molar-refractivity contribution in [3.63, 3.8) is 0 Å². The van der Waals surface area contributed by atoms with Crippen LogP contribution in [-0.4, -0.2) is 16.2 Å². The quantitative estimate of drug-likeness (QED) is 0.750. The molecular weight excluding hydrogens is 212 g/mol. The van der Waals surface area contributed by atoms with Gasteiger partial charge in [0.15, 0.2) is 0 Å². The van der Waals surface area contributed by atoms with Crippen molar-refractivity contribution in [3.05, 3.63) is 24.0 Å². The van der Waals surface area contributed by atoms with Crippen molar-refractivity contribution in [1.82, 2.24) is 9.55 Å². The summed E-state index contributed by atoms with van der Waals surface area (Å²) in [5.74, 6) is 2.09. The van der Waals surface area contributed by atoms with Crippen molar-refractivity contribution in [2.45, 2.75) is 12.8 Å².